The zero-order valence-electron chi connectivity index (χ0n) is 14.4. The standard InChI is InChI=1S/C16H27N3O2S/c1-7-12(3)19(14(21)8-16(4,5)6)9-13(20)18-15-17-11(2)10-22-15/h10,12H,7-9H2,1-6H3,(H,17,18,20). The van der Waals surface area contributed by atoms with Crippen LogP contribution in [0.15, 0.2) is 5.38 Å². The molecule has 0 aliphatic heterocycles. The Hall–Kier alpha value is -1.43. The van der Waals surface area contributed by atoms with Crippen LogP contribution >= 0.6 is 11.3 Å². The molecule has 5 nitrogen and oxygen atoms in total. The number of hydrogen-bond donors (Lipinski definition) is 1. The Balaban J connectivity index is 2.72. The summed E-state index contributed by atoms with van der Waals surface area (Å²) in [7, 11) is 0. The molecule has 0 fully saturated rings. The summed E-state index contributed by atoms with van der Waals surface area (Å²) in [5.74, 6) is -0.177. The van der Waals surface area contributed by atoms with Crippen molar-refractivity contribution >= 4 is 28.3 Å². The monoisotopic (exact) mass is 325 g/mol. The molecule has 0 aromatic carbocycles. The van der Waals surface area contributed by atoms with Gasteiger partial charge in [0.25, 0.3) is 0 Å². The van der Waals surface area contributed by atoms with E-state index in [1.165, 1.54) is 11.3 Å². The Kier molecular flexibility index (Phi) is 6.53. The van der Waals surface area contributed by atoms with Crippen molar-refractivity contribution in [3.05, 3.63) is 11.1 Å². The molecule has 0 aliphatic rings. The third-order valence-electron chi connectivity index (χ3n) is 3.30. The zero-order valence-corrected chi connectivity index (χ0v) is 15.2. The summed E-state index contributed by atoms with van der Waals surface area (Å²) in [6.07, 6.45) is 1.25. The topological polar surface area (TPSA) is 62.3 Å². The first kappa shape index (κ1) is 18.6. The Bertz CT molecular complexity index is 520. The van der Waals surface area contributed by atoms with Gasteiger partial charge in [0.05, 0.1) is 5.69 Å². The van der Waals surface area contributed by atoms with Gasteiger partial charge in [-0.05, 0) is 25.7 Å². The summed E-state index contributed by atoms with van der Waals surface area (Å²) >= 11 is 1.39. The summed E-state index contributed by atoms with van der Waals surface area (Å²) in [6, 6.07) is 0.0404. The number of amides is 2. The van der Waals surface area contributed by atoms with Crippen molar-refractivity contribution in [1.29, 1.82) is 0 Å². The van der Waals surface area contributed by atoms with Gasteiger partial charge in [-0.15, -0.1) is 11.3 Å². The Morgan fingerprint density at radius 1 is 1.41 bits per heavy atom. The van der Waals surface area contributed by atoms with Crippen LogP contribution in [0.2, 0.25) is 0 Å². The summed E-state index contributed by atoms with van der Waals surface area (Å²) in [5, 5.41) is 5.22. The van der Waals surface area contributed by atoms with Crippen LogP contribution in [-0.2, 0) is 9.59 Å². The fourth-order valence-electron chi connectivity index (χ4n) is 1.99. The highest BCUT2D eigenvalue weighted by Crippen LogP contribution is 2.21. The number of carbonyl (C=O) groups excluding carboxylic acids is 2. The molecular weight excluding hydrogens is 298 g/mol. The normalized spacial score (nSPS) is 12.8. The number of nitrogens with zero attached hydrogens (tertiary/aromatic N) is 2. The van der Waals surface area contributed by atoms with Gasteiger partial charge in [-0.1, -0.05) is 27.7 Å². The summed E-state index contributed by atoms with van der Waals surface area (Å²) < 4.78 is 0. The number of aromatic nitrogens is 1. The maximum atomic E-state index is 12.5. The van der Waals surface area contributed by atoms with Crippen LogP contribution in [0.5, 0.6) is 0 Å². The minimum absolute atomic E-state index is 0.0207. The number of carbonyl (C=O) groups is 2. The molecule has 0 saturated carbocycles. The van der Waals surface area contributed by atoms with E-state index in [1.54, 1.807) is 4.90 Å². The van der Waals surface area contributed by atoms with Gasteiger partial charge >= 0.3 is 0 Å². The van der Waals surface area contributed by atoms with Crippen LogP contribution in [0.25, 0.3) is 0 Å². The molecular formula is C16H27N3O2S. The Labute approximate surface area is 137 Å². The van der Waals surface area contributed by atoms with Crippen LogP contribution in [-0.4, -0.2) is 34.3 Å². The lowest BCUT2D eigenvalue weighted by Gasteiger charge is -2.30. The maximum absolute atomic E-state index is 12.5. The number of aryl methyl sites for hydroxylation is 1. The number of hydrogen-bond acceptors (Lipinski definition) is 4. The van der Waals surface area contributed by atoms with E-state index in [-0.39, 0.29) is 29.8 Å². The average Bonchev–Trinajstić information content (AvgIpc) is 2.78. The SMILES string of the molecule is CCC(C)N(CC(=O)Nc1nc(C)cs1)C(=O)CC(C)(C)C. The van der Waals surface area contributed by atoms with E-state index in [4.69, 9.17) is 0 Å². The summed E-state index contributed by atoms with van der Waals surface area (Å²) in [4.78, 5) is 30.5. The smallest absolute Gasteiger partial charge is 0.245 e. The van der Waals surface area contributed by atoms with Crippen molar-refractivity contribution in [3.8, 4) is 0 Å². The molecule has 2 amide bonds. The van der Waals surface area contributed by atoms with Crippen molar-refractivity contribution in [2.75, 3.05) is 11.9 Å². The number of anilines is 1. The Morgan fingerprint density at radius 2 is 2.05 bits per heavy atom. The first-order valence-electron chi connectivity index (χ1n) is 7.64. The van der Waals surface area contributed by atoms with Gasteiger partial charge in [0, 0.05) is 17.8 Å². The quantitative estimate of drug-likeness (QED) is 0.871. The minimum Gasteiger partial charge on any atom is -0.331 e. The molecule has 0 spiro atoms. The highest BCUT2D eigenvalue weighted by Gasteiger charge is 2.26. The van der Waals surface area contributed by atoms with Gasteiger partial charge in [-0.25, -0.2) is 4.98 Å². The first-order chi connectivity index (χ1) is 10.1. The fourth-order valence-corrected chi connectivity index (χ4v) is 2.69. The van der Waals surface area contributed by atoms with E-state index in [1.807, 2.05) is 46.9 Å². The van der Waals surface area contributed by atoms with Gasteiger partial charge in [-0.2, -0.15) is 0 Å². The van der Waals surface area contributed by atoms with Gasteiger partial charge in [0.15, 0.2) is 5.13 Å². The second-order valence-electron chi connectivity index (χ2n) is 6.86. The molecule has 0 radical (unpaired) electrons. The molecule has 1 atom stereocenters. The number of nitrogens with one attached hydrogen (secondary N) is 1. The van der Waals surface area contributed by atoms with Crippen molar-refractivity contribution in [2.45, 2.75) is 60.4 Å². The molecule has 1 aromatic heterocycles. The Morgan fingerprint density at radius 3 is 2.50 bits per heavy atom. The molecule has 0 aliphatic carbocycles. The van der Waals surface area contributed by atoms with Gasteiger partial charge in [-0.3, -0.25) is 9.59 Å². The highest BCUT2D eigenvalue weighted by molar-refractivity contribution is 7.13. The van der Waals surface area contributed by atoms with Gasteiger partial charge < -0.3 is 10.2 Å². The fraction of sp³-hybridized carbons (Fsp3) is 0.688. The highest BCUT2D eigenvalue weighted by atomic mass is 32.1. The van der Waals surface area contributed by atoms with Crippen LogP contribution in [0, 0.1) is 12.3 Å². The molecule has 1 aromatic rings. The van der Waals surface area contributed by atoms with Crippen molar-refractivity contribution < 1.29 is 9.59 Å². The van der Waals surface area contributed by atoms with Crippen molar-refractivity contribution in [1.82, 2.24) is 9.88 Å². The van der Waals surface area contributed by atoms with E-state index in [0.717, 1.165) is 12.1 Å². The molecule has 124 valence electrons. The molecule has 6 heteroatoms. The van der Waals surface area contributed by atoms with Gasteiger partial charge in [0.2, 0.25) is 11.8 Å². The molecule has 1 rings (SSSR count). The average molecular weight is 325 g/mol. The van der Waals surface area contributed by atoms with Crippen molar-refractivity contribution in [3.63, 3.8) is 0 Å². The van der Waals surface area contributed by atoms with Crippen LogP contribution in [0.4, 0.5) is 5.13 Å². The zero-order chi connectivity index (χ0) is 16.9. The lowest BCUT2D eigenvalue weighted by molar-refractivity contribution is -0.138. The van der Waals surface area contributed by atoms with Crippen LogP contribution < -0.4 is 5.32 Å². The molecule has 1 N–H and O–H groups in total. The molecule has 22 heavy (non-hydrogen) atoms. The largest absolute Gasteiger partial charge is 0.331 e. The van der Waals surface area contributed by atoms with E-state index < -0.39 is 0 Å². The van der Waals surface area contributed by atoms with Gasteiger partial charge in [0.1, 0.15) is 6.54 Å². The van der Waals surface area contributed by atoms with E-state index >= 15 is 0 Å². The minimum atomic E-state index is -0.197. The lowest BCUT2D eigenvalue weighted by Crippen LogP contribution is -2.44. The molecule has 1 heterocycles. The number of thiazole rings is 1. The second-order valence-corrected chi connectivity index (χ2v) is 7.72. The lowest BCUT2D eigenvalue weighted by atomic mass is 9.91. The first-order valence-corrected chi connectivity index (χ1v) is 8.52. The van der Waals surface area contributed by atoms with E-state index in [9.17, 15) is 9.59 Å². The molecule has 1 unspecified atom stereocenters. The van der Waals surface area contributed by atoms with Crippen molar-refractivity contribution in [2.24, 2.45) is 5.41 Å². The predicted octanol–water partition coefficient (Wildman–Crippen LogP) is 3.45. The predicted molar refractivity (Wildman–Crippen MR) is 91.0 cm³/mol. The van der Waals surface area contributed by atoms with Crippen LogP contribution in [0.3, 0.4) is 0 Å². The third-order valence-corrected chi connectivity index (χ3v) is 4.18. The number of rotatable bonds is 6. The van der Waals surface area contributed by atoms with E-state index in [0.29, 0.717) is 11.6 Å². The summed E-state index contributed by atoms with van der Waals surface area (Å²) in [6.45, 7) is 12.0. The maximum Gasteiger partial charge on any atom is 0.245 e. The van der Waals surface area contributed by atoms with Crippen LogP contribution in [0.1, 0.15) is 53.2 Å². The summed E-state index contributed by atoms with van der Waals surface area (Å²) in [5.41, 5.74) is 0.786. The molecule has 0 bridgehead atoms. The van der Waals surface area contributed by atoms with E-state index in [2.05, 4.69) is 10.3 Å². The molecule has 0 saturated heterocycles. The second kappa shape index (κ2) is 7.72. The third kappa shape index (κ3) is 6.13.